The molecule has 0 saturated carbocycles. The van der Waals surface area contributed by atoms with Gasteiger partial charge in [-0.25, -0.2) is 9.50 Å². The van der Waals surface area contributed by atoms with Gasteiger partial charge in [0.05, 0.1) is 18.5 Å². The number of fused-ring (bicyclic) bond motifs is 1. The summed E-state index contributed by atoms with van der Waals surface area (Å²) < 4.78 is 6.60. The predicted molar refractivity (Wildman–Crippen MR) is 60.3 cm³/mol. The summed E-state index contributed by atoms with van der Waals surface area (Å²) in [7, 11) is 0. The molecule has 9 heteroatoms. The largest absolute Gasteiger partial charge is 0.394 e. The molecule has 0 aliphatic carbocycles. The van der Waals surface area contributed by atoms with E-state index in [1.165, 1.54) is 17.0 Å². The van der Waals surface area contributed by atoms with Crippen LogP contribution < -0.4 is 5.56 Å². The topological polar surface area (TPSA) is 133 Å². The summed E-state index contributed by atoms with van der Waals surface area (Å²) in [6.45, 7) is -0.417. The van der Waals surface area contributed by atoms with Crippen LogP contribution in [0.1, 0.15) is 11.8 Å². The summed E-state index contributed by atoms with van der Waals surface area (Å²) >= 11 is 0. The summed E-state index contributed by atoms with van der Waals surface area (Å²) in [4.78, 5) is 17.8. The second-order valence-electron chi connectivity index (χ2n) is 4.30. The zero-order chi connectivity index (χ0) is 13.6. The van der Waals surface area contributed by atoms with Gasteiger partial charge in [-0.05, 0) is 0 Å². The summed E-state index contributed by atoms with van der Waals surface area (Å²) in [6, 6.07) is 0. The van der Waals surface area contributed by atoms with Crippen molar-refractivity contribution in [2.45, 2.75) is 24.4 Å². The standard InChI is InChI=1S/C10H12N4O5/c15-2-5-6(16)7(17)8(19-5)4-1-11-9-10(18)12-3-13-14(4)9/h1,3,5-8,15-17H,2H2,(H,12,13,18)/t5-,6-,7-,8+/m1/s1. The number of aromatic amines is 1. The molecule has 0 bridgehead atoms. The fourth-order valence-corrected chi connectivity index (χ4v) is 2.18. The number of nitrogens with one attached hydrogen (secondary N) is 1. The van der Waals surface area contributed by atoms with Crippen molar-refractivity contribution in [3.05, 3.63) is 28.6 Å². The van der Waals surface area contributed by atoms with E-state index < -0.39 is 36.6 Å². The lowest BCUT2D eigenvalue weighted by Gasteiger charge is -2.13. The van der Waals surface area contributed by atoms with Gasteiger partial charge in [0.1, 0.15) is 30.7 Å². The predicted octanol–water partition coefficient (Wildman–Crippen LogP) is -2.43. The first-order chi connectivity index (χ1) is 9.13. The summed E-state index contributed by atoms with van der Waals surface area (Å²) in [5, 5.41) is 32.6. The van der Waals surface area contributed by atoms with Crippen molar-refractivity contribution in [1.29, 1.82) is 0 Å². The Morgan fingerprint density at radius 3 is 2.89 bits per heavy atom. The van der Waals surface area contributed by atoms with Crippen molar-refractivity contribution in [2.75, 3.05) is 6.61 Å². The molecule has 0 unspecified atom stereocenters. The molecule has 4 atom stereocenters. The van der Waals surface area contributed by atoms with E-state index in [1.807, 2.05) is 0 Å². The van der Waals surface area contributed by atoms with Crippen LogP contribution in [0.5, 0.6) is 0 Å². The number of rotatable bonds is 2. The second kappa shape index (κ2) is 4.38. The van der Waals surface area contributed by atoms with E-state index in [-0.39, 0.29) is 5.65 Å². The van der Waals surface area contributed by atoms with E-state index in [2.05, 4.69) is 15.1 Å². The summed E-state index contributed by atoms with van der Waals surface area (Å²) in [5.74, 6) is 0. The Morgan fingerprint density at radius 2 is 2.21 bits per heavy atom. The van der Waals surface area contributed by atoms with E-state index in [0.29, 0.717) is 5.69 Å². The molecule has 0 radical (unpaired) electrons. The molecule has 2 aromatic rings. The molecule has 19 heavy (non-hydrogen) atoms. The van der Waals surface area contributed by atoms with Crippen molar-refractivity contribution < 1.29 is 20.1 Å². The van der Waals surface area contributed by atoms with Crippen molar-refractivity contribution in [3.8, 4) is 0 Å². The minimum atomic E-state index is -1.22. The number of nitrogens with zero attached hydrogens (tertiary/aromatic N) is 3. The number of ether oxygens (including phenoxy) is 1. The third-order valence-electron chi connectivity index (χ3n) is 3.17. The van der Waals surface area contributed by atoms with E-state index in [4.69, 9.17) is 9.84 Å². The Kier molecular flexibility index (Phi) is 2.82. The normalized spacial score (nSPS) is 31.1. The maximum atomic E-state index is 11.5. The van der Waals surface area contributed by atoms with Gasteiger partial charge < -0.3 is 25.0 Å². The lowest BCUT2D eigenvalue weighted by Crippen LogP contribution is -2.32. The molecule has 3 rings (SSSR count). The first kappa shape index (κ1) is 12.2. The Labute approximate surface area is 106 Å². The van der Waals surface area contributed by atoms with Gasteiger partial charge in [-0.1, -0.05) is 0 Å². The third kappa shape index (κ3) is 1.75. The van der Waals surface area contributed by atoms with Gasteiger partial charge in [0.2, 0.25) is 5.65 Å². The summed E-state index contributed by atoms with van der Waals surface area (Å²) in [6.07, 6.45) is -1.68. The maximum Gasteiger partial charge on any atom is 0.294 e. The first-order valence-electron chi connectivity index (χ1n) is 5.67. The maximum absolute atomic E-state index is 11.5. The highest BCUT2D eigenvalue weighted by Gasteiger charge is 2.44. The van der Waals surface area contributed by atoms with E-state index in [9.17, 15) is 15.0 Å². The van der Waals surface area contributed by atoms with Crippen molar-refractivity contribution >= 4 is 5.65 Å². The molecule has 102 valence electrons. The quantitative estimate of drug-likeness (QED) is 0.476. The molecule has 2 aromatic heterocycles. The fourth-order valence-electron chi connectivity index (χ4n) is 2.18. The van der Waals surface area contributed by atoms with Crippen LogP contribution in [0.4, 0.5) is 0 Å². The number of hydrogen-bond acceptors (Lipinski definition) is 7. The Bertz CT molecular complexity index is 653. The number of H-pyrrole nitrogens is 1. The van der Waals surface area contributed by atoms with Crippen molar-refractivity contribution in [1.82, 2.24) is 19.6 Å². The summed E-state index contributed by atoms with van der Waals surface area (Å²) in [5.41, 5.74) is -0.0215. The molecular weight excluding hydrogens is 256 g/mol. The van der Waals surface area contributed by atoms with Crippen LogP contribution in [0.3, 0.4) is 0 Å². The van der Waals surface area contributed by atoms with Crippen LogP contribution in [0, 0.1) is 0 Å². The molecule has 1 saturated heterocycles. The minimum Gasteiger partial charge on any atom is -0.394 e. The van der Waals surface area contributed by atoms with E-state index >= 15 is 0 Å². The molecule has 1 aliphatic heterocycles. The molecule has 0 amide bonds. The highest BCUT2D eigenvalue weighted by molar-refractivity contribution is 5.36. The third-order valence-corrected chi connectivity index (χ3v) is 3.17. The number of aliphatic hydroxyl groups excluding tert-OH is 3. The molecule has 9 nitrogen and oxygen atoms in total. The zero-order valence-corrected chi connectivity index (χ0v) is 9.67. The number of aliphatic hydroxyl groups is 3. The number of aromatic nitrogens is 4. The van der Waals surface area contributed by atoms with Gasteiger partial charge >= 0.3 is 0 Å². The highest BCUT2D eigenvalue weighted by Crippen LogP contribution is 2.32. The molecule has 3 heterocycles. The van der Waals surface area contributed by atoms with Crippen molar-refractivity contribution in [2.24, 2.45) is 0 Å². The van der Waals surface area contributed by atoms with Gasteiger partial charge in [0.15, 0.2) is 0 Å². The SMILES string of the molecule is O=c1[nH]cnn2c([C@@H]3O[C@H](CO)[C@@H](O)[C@H]3O)cnc12. The van der Waals surface area contributed by atoms with Gasteiger partial charge in [0, 0.05) is 0 Å². The van der Waals surface area contributed by atoms with E-state index in [1.54, 1.807) is 0 Å². The molecule has 0 aromatic carbocycles. The molecular formula is C10H12N4O5. The van der Waals surface area contributed by atoms with Crippen molar-refractivity contribution in [3.63, 3.8) is 0 Å². The number of imidazole rings is 1. The monoisotopic (exact) mass is 268 g/mol. The average Bonchev–Trinajstić information content (AvgIpc) is 2.94. The molecule has 0 spiro atoms. The van der Waals surface area contributed by atoms with Crippen LogP contribution in [-0.4, -0.2) is 59.8 Å². The second-order valence-corrected chi connectivity index (χ2v) is 4.30. The Balaban J connectivity index is 2.06. The molecule has 4 N–H and O–H groups in total. The Hall–Kier alpha value is -1.81. The van der Waals surface area contributed by atoms with Crippen LogP contribution in [0.25, 0.3) is 5.65 Å². The minimum absolute atomic E-state index is 0.0650. The fraction of sp³-hybridized carbons (Fsp3) is 0.500. The average molecular weight is 268 g/mol. The molecule has 1 fully saturated rings. The van der Waals surface area contributed by atoms with Crippen LogP contribution in [0.15, 0.2) is 17.3 Å². The van der Waals surface area contributed by atoms with Gasteiger partial charge in [-0.15, -0.1) is 0 Å². The van der Waals surface area contributed by atoms with Crippen LogP contribution in [0.2, 0.25) is 0 Å². The Morgan fingerprint density at radius 1 is 1.42 bits per heavy atom. The lowest BCUT2D eigenvalue weighted by molar-refractivity contribution is -0.0244. The van der Waals surface area contributed by atoms with E-state index in [0.717, 1.165) is 0 Å². The van der Waals surface area contributed by atoms with Crippen LogP contribution >= 0.6 is 0 Å². The number of hydrogen-bond donors (Lipinski definition) is 4. The van der Waals surface area contributed by atoms with Gasteiger partial charge in [0.25, 0.3) is 5.56 Å². The zero-order valence-electron chi connectivity index (χ0n) is 9.67. The van der Waals surface area contributed by atoms with Gasteiger partial charge in [-0.3, -0.25) is 4.79 Å². The lowest BCUT2D eigenvalue weighted by atomic mass is 10.1. The smallest absolute Gasteiger partial charge is 0.294 e. The molecule has 1 aliphatic rings. The van der Waals surface area contributed by atoms with Gasteiger partial charge in [-0.2, -0.15) is 5.10 Å². The highest BCUT2D eigenvalue weighted by atomic mass is 16.6. The van der Waals surface area contributed by atoms with Crippen LogP contribution in [-0.2, 0) is 4.74 Å². The first-order valence-corrected chi connectivity index (χ1v) is 5.67.